The summed E-state index contributed by atoms with van der Waals surface area (Å²) in [5, 5.41) is 8.84. The summed E-state index contributed by atoms with van der Waals surface area (Å²) >= 11 is 0. The minimum absolute atomic E-state index is 0.0399. The molecule has 3 heteroatoms. The lowest BCUT2D eigenvalue weighted by atomic mass is 10.0. The second kappa shape index (κ2) is 6.86. The summed E-state index contributed by atoms with van der Waals surface area (Å²) < 4.78 is 4.60. The number of benzene rings is 1. The van der Waals surface area contributed by atoms with Gasteiger partial charge in [0.25, 0.3) is 0 Å². The van der Waals surface area contributed by atoms with Gasteiger partial charge in [-0.1, -0.05) is 30.3 Å². The first-order chi connectivity index (χ1) is 8.17. The topological polar surface area (TPSA) is 46.5 Å². The van der Waals surface area contributed by atoms with E-state index in [4.69, 9.17) is 5.11 Å². The molecular formula is C14H18O3. The van der Waals surface area contributed by atoms with E-state index in [0.717, 1.165) is 16.7 Å². The molecule has 1 aromatic rings. The fraction of sp³-hybridized carbons (Fsp3) is 0.357. The number of esters is 1. The number of hydrogen-bond acceptors (Lipinski definition) is 3. The Morgan fingerprint density at radius 2 is 2.24 bits per heavy atom. The van der Waals surface area contributed by atoms with E-state index in [2.05, 4.69) is 4.74 Å². The van der Waals surface area contributed by atoms with Gasteiger partial charge in [0.05, 0.1) is 13.7 Å². The number of rotatable bonds is 5. The summed E-state index contributed by atoms with van der Waals surface area (Å²) in [6, 6.07) is 7.96. The van der Waals surface area contributed by atoms with Gasteiger partial charge in [-0.3, -0.25) is 4.79 Å². The van der Waals surface area contributed by atoms with Crippen LogP contribution < -0.4 is 0 Å². The van der Waals surface area contributed by atoms with Gasteiger partial charge >= 0.3 is 5.97 Å². The quantitative estimate of drug-likeness (QED) is 0.794. The van der Waals surface area contributed by atoms with Gasteiger partial charge in [-0.15, -0.1) is 0 Å². The smallest absolute Gasteiger partial charge is 0.305 e. The zero-order valence-corrected chi connectivity index (χ0v) is 10.3. The van der Waals surface area contributed by atoms with Gasteiger partial charge < -0.3 is 9.84 Å². The molecular weight excluding hydrogens is 216 g/mol. The molecule has 1 aromatic carbocycles. The van der Waals surface area contributed by atoms with Gasteiger partial charge in [-0.2, -0.15) is 0 Å². The van der Waals surface area contributed by atoms with Crippen LogP contribution >= 0.6 is 0 Å². The number of aryl methyl sites for hydroxylation is 1. The Hall–Kier alpha value is -1.61. The molecule has 0 aliphatic carbocycles. The van der Waals surface area contributed by atoms with Crippen LogP contribution in [0.5, 0.6) is 0 Å². The van der Waals surface area contributed by atoms with Gasteiger partial charge in [0, 0.05) is 6.42 Å². The zero-order chi connectivity index (χ0) is 12.7. The Morgan fingerprint density at radius 1 is 1.47 bits per heavy atom. The van der Waals surface area contributed by atoms with E-state index >= 15 is 0 Å². The molecule has 0 radical (unpaired) electrons. The maximum Gasteiger partial charge on any atom is 0.305 e. The van der Waals surface area contributed by atoms with Crippen LogP contribution in [0.25, 0.3) is 5.57 Å². The van der Waals surface area contributed by atoms with E-state index in [1.54, 1.807) is 6.08 Å². The second-order valence-corrected chi connectivity index (χ2v) is 3.85. The van der Waals surface area contributed by atoms with Crippen molar-refractivity contribution in [2.45, 2.75) is 19.8 Å². The van der Waals surface area contributed by atoms with E-state index in [0.29, 0.717) is 12.8 Å². The molecule has 3 nitrogen and oxygen atoms in total. The standard InChI is InChI=1S/C14H18O3/c1-11(8-9-15)13-5-3-4-12(10-13)6-7-14(16)17-2/h3-5,8,10,15H,6-7,9H2,1-2H3/b11-8+. The van der Waals surface area contributed by atoms with Crippen molar-refractivity contribution in [2.24, 2.45) is 0 Å². The fourth-order valence-electron chi connectivity index (χ4n) is 1.58. The van der Waals surface area contributed by atoms with Crippen LogP contribution in [0, 0.1) is 0 Å². The number of carbonyl (C=O) groups excluding carboxylic acids is 1. The third kappa shape index (κ3) is 4.41. The Labute approximate surface area is 102 Å². The van der Waals surface area contributed by atoms with Gasteiger partial charge in [0.1, 0.15) is 0 Å². The van der Waals surface area contributed by atoms with Crippen LogP contribution in [0.15, 0.2) is 30.3 Å². The highest BCUT2D eigenvalue weighted by atomic mass is 16.5. The molecule has 1 rings (SSSR count). The normalized spacial score (nSPS) is 11.4. The summed E-state index contributed by atoms with van der Waals surface area (Å²) in [6.07, 6.45) is 2.83. The van der Waals surface area contributed by atoms with Crippen LogP contribution in [-0.2, 0) is 16.0 Å². The number of methoxy groups -OCH3 is 1. The van der Waals surface area contributed by atoms with E-state index in [1.165, 1.54) is 7.11 Å². The minimum atomic E-state index is -0.196. The van der Waals surface area contributed by atoms with Crippen LogP contribution in [-0.4, -0.2) is 24.8 Å². The first-order valence-corrected chi connectivity index (χ1v) is 5.61. The van der Waals surface area contributed by atoms with Crippen LogP contribution in [0.2, 0.25) is 0 Å². The first-order valence-electron chi connectivity index (χ1n) is 5.61. The molecule has 0 aromatic heterocycles. The molecule has 0 bridgehead atoms. The average Bonchev–Trinajstić information content (AvgIpc) is 2.36. The lowest BCUT2D eigenvalue weighted by molar-refractivity contribution is -0.140. The highest BCUT2D eigenvalue weighted by Crippen LogP contribution is 2.16. The highest BCUT2D eigenvalue weighted by molar-refractivity contribution is 5.69. The molecule has 0 spiro atoms. The largest absolute Gasteiger partial charge is 0.469 e. The van der Waals surface area contributed by atoms with E-state index in [1.807, 2.05) is 31.2 Å². The van der Waals surface area contributed by atoms with Crippen molar-refractivity contribution in [3.8, 4) is 0 Å². The van der Waals surface area contributed by atoms with Crippen molar-refractivity contribution < 1.29 is 14.6 Å². The zero-order valence-electron chi connectivity index (χ0n) is 10.3. The number of aliphatic hydroxyl groups excluding tert-OH is 1. The van der Waals surface area contributed by atoms with E-state index in [-0.39, 0.29) is 12.6 Å². The van der Waals surface area contributed by atoms with Crippen molar-refractivity contribution >= 4 is 11.5 Å². The van der Waals surface area contributed by atoms with E-state index in [9.17, 15) is 4.79 Å². The number of ether oxygens (including phenoxy) is 1. The Bertz CT molecular complexity index is 408. The molecule has 0 amide bonds. The third-order valence-electron chi connectivity index (χ3n) is 2.63. The summed E-state index contributed by atoms with van der Waals surface area (Å²) in [5.41, 5.74) is 3.20. The van der Waals surface area contributed by atoms with Gasteiger partial charge in [0.2, 0.25) is 0 Å². The number of carbonyl (C=O) groups is 1. The number of hydrogen-bond donors (Lipinski definition) is 1. The SMILES string of the molecule is COC(=O)CCc1cccc(/C(C)=C/CO)c1. The predicted molar refractivity (Wildman–Crippen MR) is 67.5 cm³/mol. The van der Waals surface area contributed by atoms with Crippen LogP contribution in [0.4, 0.5) is 0 Å². The van der Waals surface area contributed by atoms with Crippen molar-refractivity contribution in [1.29, 1.82) is 0 Å². The number of aliphatic hydroxyl groups is 1. The molecule has 0 fully saturated rings. The van der Waals surface area contributed by atoms with Crippen molar-refractivity contribution in [2.75, 3.05) is 13.7 Å². The van der Waals surface area contributed by atoms with Crippen LogP contribution in [0.3, 0.4) is 0 Å². The summed E-state index contributed by atoms with van der Waals surface area (Å²) in [5.74, 6) is -0.196. The monoisotopic (exact) mass is 234 g/mol. The fourth-order valence-corrected chi connectivity index (χ4v) is 1.58. The van der Waals surface area contributed by atoms with E-state index < -0.39 is 0 Å². The summed E-state index contributed by atoms with van der Waals surface area (Å²) in [4.78, 5) is 11.0. The average molecular weight is 234 g/mol. The molecule has 0 atom stereocenters. The van der Waals surface area contributed by atoms with Gasteiger partial charge in [-0.25, -0.2) is 0 Å². The molecule has 0 saturated heterocycles. The molecule has 92 valence electrons. The second-order valence-electron chi connectivity index (χ2n) is 3.85. The summed E-state index contributed by atoms with van der Waals surface area (Å²) in [7, 11) is 1.40. The van der Waals surface area contributed by atoms with Gasteiger partial charge in [0.15, 0.2) is 0 Å². The summed E-state index contributed by atoms with van der Waals surface area (Å²) in [6.45, 7) is 1.99. The molecule has 17 heavy (non-hydrogen) atoms. The Morgan fingerprint density at radius 3 is 2.88 bits per heavy atom. The predicted octanol–water partition coefficient (Wildman–Crippen LogP) is 2.19. The van der Waals surface area contributed by atoms with Crippen molar-refractivity contribution in [3.63, 3.8) is 0 Å². The molecule has 0 aliphatic rings. The number of allylic oxidation sites excluding steroid dienone is 1. The molecule has 0 unspecified atom stereocenters. The first kappa shape index (κ1) is 13.5. The highest BCUT2D eigenvalue weighted by Gasteiger charge is 2.02. The lowest BCUT2D eigenvalue weighted by Crippen LogP contribution is -2.02. The van der Waals surface area contributed by atoms with Crippen molar-refractivity contribution in [3.05, 3.63) is 41.5 Å². The molecule has 0 saturated carbocycles. The third-order valence-corrected chi connectivity index (χ3v) is 2.63. The molecule has 1 N–H and O–H groups in total. The molecule has 0 aliphatic heterocycles. The van der Waals surface area contributed by atoms with Crippen molar-refractivity contribution in [1.82, 2.24) is 0 Å². The van der Waals surface area contributed by atoms with Crippen LogP contribution in [0.1, 0.15) is 24.5 Å². The Kier molecular flexibility index (Phi) is 5.43. The molecule has 0 heterocycles. The lowest BCUT2D eigenvalue weighted by Gasteiger charge is -2.05. The maximum absolute atomic E-state index is 11.0. The maximum atomic E-state index is 11.0. The minimum Gasteiger partial charge on any atom is -0.469 e. The van der Waals surface area contributed by atoms with Gasteiger partial charge in [-0.05, 0) is 30.0 Å². The Balaban J connectivity index is 2.72.